The third-order valence-electron chi connectivity index (χ3n) is 3.26. The van der Waals surface area contributed by atoms with Gasteiger partial charge in [0.1, 0.15) is 11.9 Å². The van der Waals surface area contributed by atoms with Crippen molar-refractivity contribution in [2.45, 2.75) is 26.3 Å². The maximum absolute atomic E-state index is 12.5. The maximum Gasteiger partial charge on any atom is 0.248 e. The van der Waals surface area contributed by atoms with E-state index < -0.39 is 11.8 Å². The Hall–Kier alpha value is -2.63. The summed E-state index contributed by atoms with van der Waals surface area (Å²) in [6, 6.07) is 12.3. The van der Waals surface area contributed by atoms with Gasteiger partial charge in [-0.1, -0.05) is 30.3 Å². The lowest BCUT2D eigenvalue weighted by Gasteiger charge is -2.18. The molecule has 1 aromatic heterocycles. The van der Waals surface area contributed by atoms with Gasteiger partial charge in [-0.2, -0.15) is 0 Å². The molecule has 23 heavy (non-hydrogen) atoms. The second-order valence-corrected chi connectivity index (χ2v) is 5.41. The highest BCUT2D eigenvalue weighted by molar-refractivity contribution is 6.57. The predicted molar refractivity (Wildman–Crippen MR) is 90.6 cm³/mol. The number of amides is 2. The summed E-state index contributed by atoms with van der Waals surface area (Å²) in [6.07, 6.45) is 0.348. The highest BCUT2D eigenvalue weighted by Crippen LogP contribution is 2.11. The minimum Gasteiger partial charge on any atom is -0.354 e. The van der Waals surface area contributed by atoms with Crippen molar-refractivity contribution in [2.24, 2.45) is 0 Å². The number of aryl methyl sites for hydroxylation is 2. The zero-order chi connectivity index (χ0) is 16.8. The first-order valence-corrected chi connectivity index (χ1v) is 7.30. The molecule has 1 heterocycles. The molecular formula is C17H18BN3O2. The number of benzene rings is 1. The first-order valence-electron chi connectivity index (χ1n) is 7.30. The minimum absolute atomic E-state index is 0.348. The molecule has 2 rings (SSSR count). The third-order valence-corrected chi connectivity index (χ3v) is 3.26. The van der Waals surface area contributed by atoms with Crippen LogP contribution in [0.5, 0.6) is 0 Å². The van der Waals surface area contributed by atoms with E-state index in [1.54, 1.807) is 6.07 Å². The Labute approximate surface area is 136 Å². The van der Waals surface area contributed by atoms with Gasteiger partial charge in [-0.05, 0) is 37.1 Å². The summed E-state index contributed by atoms with van der Waals surface area (Å²) >= 11 is 0. The monoisotopic (exact) mass is 307 g/mol. The number of pyridine rings is 1. The second kappa shape index (κ2) is 7.58. The van der Waals surface area contributed by atoms with Crippen LogP contribution in [0.15, 0.2) is 42.5 Å². The third kappa shape index (κ3) is 5.25. The van der Waals surface area contributed by atoms with Crippen LogP contribution in [0.2, 0.25) is 0 Å². The molecule has 116 valence electrons. The molecule has 0 spiro atoms. The van der Waals surface area contributed by atoms with Crippen LogP contribution in [0.1, 0.15) is 16.8 Å². The predicted octanol–water partition coefficient (Wildman–Crippen LogP) is 2.13. The topological polar surface area (TPSA) is 71.1 Å². The van der Waals surface area contributed by atoms with E-state index in [2.05, 4.69) is 15.6 Å². The summed E-state index contributed by atoms with van der Waals surface area (Å²) in [6.45, 7) is 3.78. The normalized spacial score (nSPS) is 11.6. The van der Waals surface area contributed by atoms with Gasteiger partial charge in [-0.15, -0.1) is 0 Å². The molecule has 0 bridgehead atoms. The summed E-state index contributed by atoms with van der Waals surface area (Å²) in [5.41, 5.74) is 2.73. The number of nitrogens with one attached hydrogen (secondary N) is 2. The highest BCUT2D eigenvalue weighted by atomic mass is 16.2. The number of rotatable bonds is 5. The Balaban J connectivity index is 2.14. The van der Waals surface area contributed by atoms with Crippen LogP contribution in [0.4, 0.5) is 10.6 Å². The van der Waals surface area contributed by atoms with Gasteiger partial charge < -0.3 is 10.6 Å². The highest BCUT2D eigenvalue weighted by Gasteiger charge is 2.20. The fourth-order valence-electron chi connectivity index (χ4n) is 2.35. The molecule has 0 aliphatic rings. The molecular weight excluding hydrogens is 289 g/mol. The Bertz CT molecular complexity index is 684. The van der Waals surface area contributed by atoms with Crippen LogP contribution < -0.4 is 10.6 Å². The molecule has 2 radical (unpaired) electrons. The molecule has 0 aliphatic heterocycles. The first-order chi connectivity index (χ1) is 10.9. The average molecular weight is 307 g/mol. The molecule has 2 amide bonds. The van der Waals surface area contributed by atoms with E-state index in [0.29, 0.717) is 12.2 Å². The van der Waals surface area contributed by atoms with Crippen molar-refractivity contribution >= 4 is 25.4 Å². The fourth-order valence-corrected chi connectivity index (χ4v) is 2.35. The van der Waals surface area contributed by atoms with Crippen molar-refractivity contribution in [1.29, 1.82) is 0 Å². The zero-order valence-corrected chi connectivity index (χ0v) is 13.2. The molecule has 2 aromatic rings. The lowest BCUT2D eigenvalue weighted by atomic mass is 10.0. The quantitative estimate of drug-likeness (QED) is 0.831. The van der Waals surface area contributed by atoms with Crippen LogP contribution in [-0.2, 0) is 11.2 Å². The van der Waals surface area contributed by atoms with Crippen LogP contribution in [0.3, 0.4) is 0 Å². The van der Waals surface area contributed by atoms with E-state index in [9.17, 15) is 9.59 Å². The van der Waals surface area contributed by atoms with Gasteiger partial charge in [0, 0.05) is 12.1 Å². The van der Waals surface area contributed by atoms with E-state index in [0.717, 1.165) is 16.8 Å². The molecule has 0 unspecified atom stereocenters. The lowest BCUT2D eigenvalue weighted by Crippen LogP contribution is -2.45. The van der Waals surface area contributed by atoms with E-state index in [-0.39, 0.29) is 5.91 Å². The van der Waals surface area contributed by atoms with Crippen molar-refractivity contribution in [2.75, 3.05) is 5.32 Å². The number of nitrogens with zero attached hydrogens (tertiary/aromatic N) is 1. The Morgan fingerprint density at radius 3 is 2.48 bits per heavy atom. The Morgan fingerprint density at radius 1 is 1.17 bits per heavy atom. The van der Waals surface area contributed by atoms with E-state index in [4.69, 9.17) is 7.85 Å². The molecule has 2 N–H and O–H groups in total. The number of aromatic nitrogens is 1. The largest absolute Gasteiger partial charge is 0.354 e. The van der Waals surface area contributed by atoms with Crippen LogP contribution >= 0.6 is 0 Å². The van der Waals surface area contributed by atoms with Crippen molar-refractivity contribution in [3.8, 4) is 0 Å². The Kier molecular flexibility index (Phi) is 5.52. The fraction of sp³-hybridized carbons (Fsp3) is 0.235. The number of anilines is 1. The van der Waals surface area contributed by atoms with Gasteiger partial charge in [-0.3, -0.25) is 9.59 Å². The van der Waals surface area contributed by atoms with Crippen molar-refractivity contribution < 1.29 is 9.59 Å². The van der Waals surface area contributed by atoms with Crippen molar-refractivity contribution in [3.05, 3.63) is 59.3 Å². The summed E-state index contributed by atoms with van der Waals surface area (Å²) in [4.78, 5) is 27.9. The zero-order valence-electron chi connectivity index (χ0n) is 13.2. The van der Waals surface area contributed by atoms with Gasteiger partial charge in [0.05, 0.1) is 0 Å². The molecule has 1 aromatic carbocycles. The number of hydrogen-bond acceptors (Lipinski definition) is 3. The molecule has 1 atom stereocenters. The summed E-state index contributed by atoms with van der Waals surface area (Å²) < 4.78 is 0. The van der Waals surface area contributed by atoms with Crippen molar-refractivity contribution in [3.63, 3.8) is 0 Å². The van der Waals surface area contributed by atoms with E-state index in [1.165, 1.54) is 0 Å². The molecule has 0 fully saturated rings. The van der Waals surface area contributed by atoms with Crippen LogP contribution in [-0.4, -0.2) is 30.6 Å². The minimum atomic E-state index is -0.766. The van der Waals surface area contributed by atoms with Gasteiger partial charge in [0.25, 0.3) is 0 Å². The van der Waals surface area contributed by atoms with Gasteiger partial charge in [0.15, 0.2) is 5.81 Å². The van der Waals surface area contributed by atoms with Gasteiger partial charge in [0.2, 0.25) is 13.8 Å². The number of hydrogen-bond donors (Lipinski definition) is 2. The molecule has 0 aliphatic carbocycles. The second-order valence-electron chi connectivity index (χ2n) is 5.41. The lowest BCUT2D eigenvalue weighted by molar-refractivity contribution is -0.117. The Morgan fingerprint density at radius 2 is 1.87 bits per heavy atom. The van der Waals surface area contributed by atoms with Crippen molar-refractivity contribution in [1.82, 2.24) is 10.3 Å². The molecule has 0 saturated heterocycles. The molecule has 0 saturated carbocycles. The first kappa shape index (κ1) is 16.7. The van der Waals surface area contributed by atoms with E-state index in [1.807, 2.05) is 50.2 Å². The summed E-state index contributed by atoms with van der Waals surface area (Å²) in [7, 11) is 5.18. The van der Waals surface area contributed by atoms with Crippen LogP contribution in [0.25, 0.3) is 0 Å². The number of carbonyl (C=O) groups is 2. The smallest absolute Gasteiger partial charge is 0.248 e. The maximum atomic E-state index is 12.5. The molecule has 5 nitrogen and oxygen atoms in total. The van der Waals surface area contributed by atoms with Crippen LogP contribution in [0, 0.1) is 13.8 Å². The summed E-state index contributed by atoms with van der Waals surface area (Å²) in [5, 5.41) is 5.21. The summed E-state index contributed by atoms with van der Waals surface area (Å²) in [5.74, 6) is -0.642. The van der Waals surface area contributed by atoms with Gasteiger partial charge >= 0.3 is 0 Å². The SMILES string of the molecule is [B]C(=O)N[C@@H](Cc1ccccc1)C(=O)Nc1cc(C)cc(C)n1. The molecule has 6 heteroatoms. The number of carbonyl (C=O) groups excluding carboxylic acids is 2. The average Bonchev–Trinajstić information content (AvgIpc) is 2.46. The van der Waals surface area contributed by atoms with E-state index >= 15 is 0 Å². The van der Waals surface area contributed by atoms with Gasteiger partial charge in [-0.25, -0.2) is 4.98 Å². The standard InChI is InChI=1S/C17H18BN3O2/c1-11-8-12(2)19-15(9-11)21-16(22)14(20-17(18)23)10-13-6-4-3-5-7-13/h3-9,14H,10H2,1-2H3,(H,20,23)(H,19,21,22)/t14-/m0/s1.